The molecule has 1 atom stereocenters. The minimum absolute atomic E-state index is 0.172. The highest BCUT2D eigenvalue weighted by Gasteiger charge is 2.51. The third kappa shape index (κ3) is 3.71. The molecule has 1 saturated heterocycles. The molecule has 150 valence electrons. The largest absolute Gasteiger partial charge is 0.494 e. The Kier molecular flexibility index (Phi) is 4.93. The molecule has 2 aromatic carbocycles. The molecule has 0 unspecified atom stereocenters. The smallest absolute Gasteiger partial charge is 0.399 e. The normalized spacial score (nSPS) is 20.8. The van der Waals surface area contributed by atoms with Crippen LogP contribution in [0.2, 0.25) is 0 Å². The number of hydrogen-bond acceptors (Lipinski definition) is 3. The number of alkyl halides is 3. The second-order valence-corrected chi connectivity index (χ2v) is 8.36. The van der Waals surface area contributed by atoms with Crippen LogP contribution in [0.25, 0.3) is 0 Å². The molecular formula is C21H24BF3O3. The second-order valence-electron chi connectivity index (χ2n) is 8.36. The Balaban J connectivity index is 1.87. The van der Waals surface area contributed by atoms with Crippen molar-refractivity contribution in [3.8, 4) is 0 Å². The minimum Gasteiger partial charge on any atom is -0.399 e. The summed E-state index contributed by atoms with van der Waals surface area (Å²) >= 11 is 0. The molecule has 7 heteroatoms. The van der Waals surface area contributed by atoms with E-state index < -0.39 is 35.7 Å². The number of halogens is 3. The summed E-state index contributed by atoms with van der Waals surface area (Å²) in [5.41, 5.74) is -1.88. The molecule has 0 bridgehead atoms. The molecule has 1 aliphatic rings. The fourth-order valence-corrected chi connectivity index (χ4v) is 3.11. The van der Waals surface area contributed by atoms with Crippen LogP contribution in [0.5, 0.6) is 0 Å². The van der Waals surface area contributed by atoms with Crippen LogP contribution >= 0.6 is 0 Å². The third-order valence-electron chi connectivity index (χ3n) is 5.75. The van der Waals surface area contributed by atoms with Gasteiger partial charge in [-0.3, -0.25) is 0 Å². The van der Waals surface area contributed by atoms with Crippen molar-refractivity contribution < 1.29 is 27.6 Å². The van der Waals surface area contributed by atoms with Gasteiger partial charge in [0.15, 0.2) is 0 Å². The van der Waals surface area contributed by atoms with Crippen LogP contribution in [0.4, 0.5) is 13.2 Å². The van der Waals surface area contributed by atoms with Crippen molar-refractivity contribution in [3.05, 3.63) is 65.2 Å². The molecule has 2 aromatic rings. The van der Waals surface area contributed by atoms with E-state index >= 15 is 0 Å². The predicted molar refractivity (Wildman–Crippen MR) is 102 cm³/mol. The number of hydrogen-bond donors (Lipinski definition) is 1. The van der Waals surface area contributed by atoms with Crippen LogP contribution in [0.1, 0.15) is 51.3 Å². The fraction of sp³-hybridized carbons (Fsp3) is 0.429. The molecule has 0 spiro atoms. The van der Waals surface area contributed by atoms with Gasteiger partial charge in [0.2, 0.25) is 0 Å². The van der Waals surface area contributed by atoms with Gasteiger partial charge in [0.05, 0.1) is 16.8 Å². The summed E-state index contributed by atoms with van der Waals surface area (Å²) in [5, 5.41) is 10.9. The lowest BCUT2D eigenvalue weighted by Crippen LogP contribution is -2.41. The van der Waals surface area contributed by atoms with Crippen LogP contribution in [-0.2, 0) is 21.1 Å². The first kappa shape index (κ1) is 20.9. The van der Waals surface area contributed by atoms with Gasteiger partial charge in [-0.15, -0.1) is 0 Å². The van der Waals surface area contributed by atoms with Crippen molar-refractivity contribution >= 4 is 12.6 Å². The highest BCUT2D eigenvalue weighted by Crippen LogP contribution is 2.37. The van der Waals surface area contributed by atoms with Gasteiger partial charge in [0.1, 0.15) is 5.60 Å². The fourth-order valence-electron chi connectivity index (χ4n) is 3.11. The summed E-state index contributed by atoms with van der Waals surface area (Å²) in [5.74, 6) is 0. The Morgan fingerprint density at radius 3 is 1.82 bits per heavy atom. The highest BCUT2D eigenvalue weighted by atomic mass is 19.4. The Morgan fingerprint density at radius 2 is 1.32 bits per heavy atom. The van der Waals surface area contributed by atoms with Crippen molar-refractivity contribution in [1.29, 1.82) is 0 Å². The van der Waals surface area contributed by atoms with Gasteiger partial charge in [-0.25, -0.2) is 0 Å². The Hall–Kier alpha value is -1.83. The van der Waals surface area contributed by atoms with Gasteiger partial charge in [-0.2, -0.15) is 13.2 Å². The minimum atomic E-state index is -4.47. The summed E-state index contributed by atoms with van der Waals surface area (Å²) in [6, 6.07) is 11.6. The van der Waals surface area contributed by atoms with E-state index in [0.717, 1.165) is 17.6 Å². The Labute approximate surface area is 163 Å². The van der Waals surface area contributed by atoms with Crippen molar-refractivity contribution in [2.75, 3.05) is 0 Å². The lowest BCUT2D eigenvalue weighted by Gasteiger charge is -2.32. The zero-order valence-corrected chi connectivity index (χ0v) is 16.6. The predicted octanol–water partition coefficient (Wildman–Crippen LogP) is 4.26. The molecule has 1 N–H and O–H groups in total. The zero-order chi connectivity index (χ0) is 21.0. The topological polar surface area (TPSA) is 38.7 Å². The van der Waals surface area contributed by atoms with Gasteiger partial charge < -0.3 is 14.4 Å². The van der Waals surface area contributed by atoms with E-state index in [4.69, 9.17) is 9.31 Å². The van der Waals surface area contributed by atoms with E-state index in [1.54, 1.807) is 24.3 Å². The first-order valence-electron chi connectivity index (χ1n) is 9.10. The SMILES string of the molecule is CC1(C)OB(c2ccc([C@@](C)(O)c3cccc(C(F)(F)F)c3)cc2)OC1(C)C. The molecule has 0 saturated carbocycles. The van der Waals surface area contributed by atoms with Gasteiger partial charge in [0.25, 0.3) is 0 Å². The number of aliphatic hydroxyl groups is 1. The van der Waals surface area contributed by atoms with E-state index in [1.807, 2.05) is 27.7 Å². The average Bonchev–Trinajstić information content (AvgIpc) is 2.82. The summed E-state index contributed by atoms with van der Waals surface area (Å²) < 4.78 is 51.0. The van der Waals surface area contributed by atoms with Crippen molar-refractivity contribution in [3.63, 3.8) is 0 Å². The first-order chi connectivity index (χ1) is 12.7. The molecule has 1 fully saturated rings. The molecule has 0 aliphatic carbocycles. The summed E-state index contributed by atoms with van der Waals surface area (Å²) in [7, 11) is -0.544. The quantitative estimate of drug-likeness (QED) is 0.794. The van der Waals surface area contributed by atoms with Crippen molar-refractivity contribution in [2.24, 2.45) is 0 Å². The molecule has 28 heavy (non-hydrogen) atoms. The maximum absolute atomic E-state index is 13.0. The van der Waals surface area contributed by atoms with Crippen LogP contribution in [0.3, 0.4) is 0 Å². The van der Waals surface area contributed by atoms with E-state index in [1.165, 1.54) is 19.1 Å². The van der Waals surface area contributed by atoms with Gasteiger partial charge in [-0.05, 0) is 63.3 Å². The zero-order valence-electron chi connectivity index (χ0n) is 16.6. The summed E-state index contributed by atoms with van der Waals surface area (Å²) in [6.07, 6.45) is -4.47. The third-order valence-corrected chi connectivity index (χ3v) is 5.75. The standard InChI is InChI=1S/C21H24BF3O3/c1-18(2)19(3,4)28-22(27-18)17-11-9-14(10-12-17)20(5,26)15-7-6-8-16(13-15)21(23,24)25/h6-13,26H,1-5H3/t20-/m1/s1. The molecule has 0 aromatic heterocycles. The van der Waals surface area contributed by atoms with E-state index in [9.17, 15) is 18.3 Å². The molecule has 3 nitrogen and oxygen atoms in total. The van der Waals surface area contributed by atoms with Crippen molar-refractivity contribution in [2.45, 2.75) is 57.6 Å². The molecule has 0 amide bonds. The summed E-state index contributed by atoms with van der Waals surface area (Å²) in [4.78, 5) is 0. The molecule has 3 rings (SSSR count). The average molecular weight is 392 g/mol. The van der Waals surface area contributed by atoms with Crippen LogP contribution in [0.15, 0.2) is 48.5 Å². The first-order valence-corrected chi connectivity index (χ1v) is 9.10. The maximum atomic E-state index is 13.0. The van der Waals surface area contributed by atoms with E-state index in [2.05, 4.69) is 0 Å². The van der Waals surface area contributed by atoms with Gasteiger partial charge in [-0.1, -0.05) is 36.4 Å². The van der Waals surface area contributed by atoms with Gasteiger partial charge in [0, 0.05) is 0 Å². The number of rotatable bonds is 3. The summed E-state index contributed by atoms with van der Waals surface area (Å²) in [6.45, 7) is 9.31. The maximum Gasteiger partial charge on any atom is 0.494 e. The number of benzene rings is 2. The lowest BCUT2D eigenvalue weighted by molar-refractivity contribution is -0.137. The molecule has 1 aliphatic heterocycles. The van der Waals surface area contributed by atoms with Crippen LogP contribution in [-0.4, -0.2) is 23.4 Å². The van der Waals surface area contributed by atoms with Gasteiger partial charge >= 0.3 is 13.3 Å². The Morgan fingerprint density at radius 1 is 0.821 bits per heavy atom. The monoisotopic (exact) mass is 392 g/mol. The second kappa shape index (κ2) is 6.61. The van der Waals surface area contributed by atoms with Crippen LogP contribution < -0.4 is 5.46 Å². The van der Waals surface area contributed by atoms with Crippen LogP contribution in [0, 0.1) is 0 Å². The van der Waals surface area contributed by atoms with E-state index in [-0.39, 0.29) is 5.56 Å². The lowest BCUT2D eigenvalue weighted by atomic mass is 9.77. The molecular weight excluding hydrogens is 368 g/mol. The van der Waals surface area contributed by atoms with E-state index in [0.29, 0.717) is 5.56 Å². The van der Waals surface area contributed by atoms with Crippen molar-refractivity contribution in [1.82, 2.24) is 0 Å². The highest BCUT2D eigenvalue weighted by molar-refractivity contribution is 6.62. The Bertz CT molecular complexity index is 842. The molecule has 0 radical (unpaired) electrons. The molecule has 1 heterocycles.